The number of halogens is 1. The first kappa shape index (κ1) is 17.6. The van der Waals surface area contributed by atoms with Crippen molar-refractivity contribution in [1.82, 2.24) is 4.72 Å². The summed E-state index contributed by atoms with van der Waals surface area (Å²) in [6.07, 6.45) is 1.77. The van der Waals surface area contributed by atoms with Crippen LogP contribution in [-0.4, -0.2) is 26.0 Å². The Kier molecular flexibility index (Phi) is 4.87. The van der Waals surface area contributed by atoms with Crippen LogP contribution in [0.4, 0.5) is 4.39 Å². The minimum absolute atomic E-state index is 0.215. The molecule has 2 N–H and O–H groups in total. The lowest BCUT2D eigenvalue weighted by Gasteiger charge is -2.35. The molecule has 0 saturated heterocycles. The molecule has 0 spiro atoms. The number of hydrogen-bond acceptors (Lipinski definition) is 3. The monoisotopic (exact) mass is 363 g/mol. The molecule has 0 atom stereocenters. The summed E-state index contributed by atoms with van der Waals surface area (Å²) in [5.74, 6) is -1.62. The van der Waals surface area contributed by atoms with E-state index in [0.717, 1.165) is 31.0 Å². The number of carboxylic acids is 1. The molecule has 1 fully saturated rings. The molecule has 1 saturated carbocycles. The van der Waals surface area contributed by atoms with Gasteiger partial charge in [-0.15, -0.1) is 0 Å². The van der Waals surface area contributed by atoms with Crippen LogP contribution in [-0.2, 0) is 10.0 Å². The van der Waals surface area contributed by atoms with Gasteiger partial charge in [0.1, 0.15) is 5.82 Å². The number of hydrogen-bond donors (Lipinski definition) is 2. The molecule has 0 bridgehead atoms. The highest BCUT2D eigenvalue weighted by Gasteiger charge is 2.31. The van der Waals surface area contributed by atoms with Crippen LogP contribution in [0.5, 0.6) is 0 Å². The van der Waals surface area contributed by atoms with E-state index >= 15 is 0 Å². The topological polar surface area (TPSA) is 83.5 Å². The zero-order valence-corrected chi connectivity index (χ0v) is 14.2. The third-order valence-electron chi connectivity index (χ3n) is 4.50. The van der Waals surface area contributed by atoms with E-state index in [1.54, 1.807) is 0 Å². The number of nitrogens with one attached hydrogen (secondary N) is 1. The average Bonchev–Trinajstić information content (AvgIpc) is 2.53. The standard InChI is InChI=1S/C18H18FNO4S/c19-16-8-15(18(21)22)9-17(10-16)25(23,24)20-11-12-6-14(7-12)13-4-2-1-3-5-13/h1-5,8-10,12,14,20H,6-7,11H2,(H,21,22). The van der Waals surface area contributed by atoms with Crippen molar-refractivity contribution in [3.05, 3.63) is 65.5 Å². The van der Waals surface area contributed by atoms with Crippen molar-refractivity contribution in [2.75, 3.05) is 6.54 Å². The summed E-state index contributed by atoms with van der Waals surface area (Å²) in [6.45, 7) is 0.255. The Morgan fingerprint density at radius 1 is 1.16 bits per heavy atom. The van der Waals surface area contributed by atoms with Gasteiger partial charge in [0.05, 0.1) is 10.5 Å². The van der Waals surface area contributed by atoms with Crippen LogP contribution in [0.1, 0.15) is 34.7 Å². The van der Waals surface area contributed by atoms with E-state index in [1.807, 2.05) is 18.2 Å². The van der Waals surface area contributed by atoms with Crippen LogP contribution >= 0.6 is 0 Å². The molecule has 5 nitrogen and oxygen atoms in total. The van der Waals surface area contributed by atoms with Gasteiger partial charge in [0.2, 0.25) is 10.0 Å². The highest BCUT2D eigenvalue weighted by Crippen LogP contribution is 2.41. The molecule has 2 aromatic carbocycles. The van der Waals surface area contributed by atoms with Crippen molar-refractivity contribution in [2.24, 2.45) is 5.92 Å². The van der Waals surface area contributed by atoms with Crippen LogP contribution in [0.15, 0.2) is 53.4 Å². The third-order valence-corrected chi connectivity index (χ3v) is 5.90. The maximum atomic E-state index is 13.5. The molecular weight excluding hydrogens is 345 g/mol. The number of aromatic carboxylic acids is 1. The molecule has 0 aliphatic heterocycles. The van der Waals surface area contributed by atoms with Gasteiger partial charge in [-0.2, -0.15) is 0 Å². The fraction of sp³-hybridized carbons (Fsp3) is 0.278. The molecule has 0 radical (unpaired) electrons. The van der Waals surface area contributed by atoms with E-state index in [1.165, 1.54) is 5.56 Å². The predicted octanol–water partition coefficient (Wildman–Crippen LogP) is 3.00. The second kappa shape index (κ2) is 6.93. The number of rotatable bonds is 6. The van der Waals surface area contributed by atoms with E-state index < -0.39 is 27.4 Å². The summed E-state index contributed by atoms with van der Waals surface area (Å²) in [7, 11) is -3.95. The van der Waals surface area contributed by atoms with Gasteiger partial charge in [-0.1, -0.05) is 30.3 Å². The molecule has 2 aromatic rings. The first-order valence-corrected chi connectivity index (χ1v) is 9.42. The Morgan fingerprint density at radius 3 is 2.48 bits per heavy atom. The molecule has 0 heterocycles. The van der Waals surface area contributed by atoms with E-state index in [4.69, 9.17) is 5.11 Å². The molecule has 1 aliphatic carbocycles. The van der Waals surface area contributed by atoms with Gasteiger partial charge in [-0.25, -0.2) is 22.3 Å². The number of carbonyl (C=O) groups is 1. The normalized spacial score (nSPS) is 20.0. The molecule has 1 aliphatic rings. The summed E-state index contributed by atoms with van der Waals surface area (Å²) < 4.78 is 40.5. The number of sulfonamides is 1. The number of carboxylic acid groups (broad SMARTS) is 1. The third kappa shape index (κ3) is 4.05. The quantitative estimate of drug-likeness (QED) is 0.826. The minimum atomic E-state index is -3.95. The highest BCUT2D eigenvalue weighted by atomic mass is 32.2. The van der Waals surface area contributed by atoms with Crippen LogP contribution in [0.25, 0.3) is 0 Å². The Morgan fingerprint density at radius 2 is 1.84 bits per heavy atom. The second-order valence-electron chi connectivity index (χ2n) is 6.28. The van der Waals surface area contributed by atoms with Crippen molar-refractivity contribution < 1.29 is 22.7 Å². The first-order chi connectivity index (χ1) is 11.8. The van der Waals surface area contributed by atoms with Crippen LogP contribution in [0.2, 0.25) is 0 Å². The van der Waals surface area contributed by atoms with Gasteiger partial charge in [0.15, 0.2) is 0 Å². The molecule has 132 valence electrons. The molecule has 3 rings (SSSR count). The van der Waals surface area contributed by atoms with Gasteiger partial charge in [-0.3, -0.25) is 0 Å². The molecular formula is C18H18FNO4S. The van der Waals surface area contributed by atoms with Gasteiger partial charge in [0.25, 0.3) is 0 Å². The molecule has 0 amide bonds. The molecule has 0 unspecified atom stereocenters. The largest absolute Gasteiger partial charge is 0.478 e. The highest BCUT2D eigenvalue weighted by molar-refractivity contribution is 7.89. The van der Waals surface area contributed by atoms with E-state index in [-0.39, 0.29) is 17.4 Å². The molecule has 0 aromatic heterocycles. The molecule has 7 heteroatoms. The number of benzene rings is 2. The van der Waals surface area contributed by atoms with Crippen molar-refractivity contribution in [1.29, 1.82) is 0 Å². The lowest BCUT2D eigenvalue weighted by atomic mass is 9.71. The van der Waals surface area contributed by atoms with Crippen LogP contribution in [0.3, 0.4) is 0 Å². The lowest BCUT2D eigenvalue weighted by Crippen LogP contribution is -2.35. The van der Waals surface area contributed by atoms with Crippen molar-refractivity contribution in [3.8, 4) is 0 Å². The van der Waals surface area contributed by atoms with E-state index in [9.17, 15) is 17.6 Å². The fourth-order valence-electron chi connectivity index (χ4n) is 3.05. The van der Waals surface area contributed by atoms with Gasteiger partial charge in [-0.05, 0) is 48.4 Å². The van der Waals surface area contributed by atoms with Crippen LogP contribution in [0, 0.1) is 11.7 Å². The maximum Gasteiger partial charge on any atom is 0.335 e. The summed E-state index contributed by atoms with van der Waals surface area (Å²) in [5, 5.41) is 8.92. The maximum absolute atomic E-state index is 13.5. The van der Waals surface area contributed by atoms with E-state index in [0.29, 0.717) is 5.92 Å². The van der Waals surface area contributed by atoms with Crippen molar-refractivity contribution in [3.63, 3.8) is 0 Å². The minimum Gasteiger partial charge on any atom is -0.478 e. The van der Waals surface area contributed by atoms with Crippen LogP contribution < -0.4 is 4.72 Å². The Balaban J connectivity index is 1.61. The summed E-state index contributed by atoms with van der Waals surface area (Å²) >= 11 is 0. The smallest absolute Gasteiger partial charge is 0.335 e. The van der Waals surface area contributed by atoms with Crippen molar-refractivity contribution >= 4 is 16.0 Å². The Labute approximate surface area is 145 Å². The van der Waals surface area contributed by atoms with Gasteiger partial charge in [0, 0.05) is 6.54 Å². The van der Waals surface area contributed by atoms with Crippen molar-refractivity contribution in [2.45, 2.75) is 23.7 Å². The summed E-state index contributed by atoms with van der Waals surface area (Å²) in [6, 6.07) is 12.6. The Hall–Kier alpha value is -2.25. The lowest BCUT2D eigenvalue weighted by molar-refractivity contribution is 0.0696. The predicted molar refractivity (Wildman–Crippen MR) is 90.5 cm³/mol. The SMILES string of the molecule is O=C(O)c1cc(F)cc(S(=O)(=O)NCC2CC(c3ccccc3)C2)c1. The fourth-order valence-corrected chi connectivity index (χ4v) is 4.22. The zero-order chi connectivity index (χ0) is 18.0. The van der Waals surface area contributed by atoms with Gasteiger partial charge >= 0.3 is 5.97 Å². The molecule has 25 heavy (non-hydrogen) atoms. The van der Waals surface area contributed by atoms with Gasteiger partial charge < -0.3 is 5.11 Å². The van der Waals surface area contributed by atoms with E-state index in [2.05, 4.69) is 16.9 Å². The summed E-state index contributed by atoms with van der Waals surface area (Å²) in [4.78, 5) is 10.6. The first-order valence-electron chi connectivity index (χ1n) is 7.93. The average molecular weight is 363 g/mol. The zero-order valence-electron chi connectivity index (χ0n) is 13.4. The second-order valence-corrected chi connectivity index (χ2v) is 8.04. The summed E-state index contributed by atoms with van der Waals surface area (Å²) in [5.41, 5.74) is 0.853. The Bertz CT molecular complexity index is 877.